The zero-order valence-electron chi connectivity index (χ0n) is 14.3. The van der Waals surface area contributed by atoms with E-state index >= 15 is 0 Å². The van der Waals surface area contributed by atoms with Crippen molar-refractivity contribution in [1.82, 2.24) is 15.2 Å². The third-order valence-electron chi connectivity index (χ3n) is 3.68. The third-order valence-corrected chi connectivity index (χ3v) is 3.91. The fourth-order valence-corrected chi connectivity index (χ4v) is 2.74. The highest BCUT2D eigenvalue weighted by atomic mass is 35.5. The highest BCUT2D eigenvalue weighted by molar-refractivity contribution is 6.30. The van der Waals surface area contributed by atoms with E-state index in [1.54, 1.807) is 11.0 Å². The summed E-state index contributed by atoms with van der Waals surface area (Å²) in [6.45, 7) is 7.32. The summed E-state index contributed by atoms with van der Waals surface area (Å²) in [6.07, 6.45) is 3.06. The minimum absolute atomic E-state index is 0.203. The molecule has 1 aromatic heterocycles. The maximum absolute atomic E-state index is 12.1. The molecule has 132 valence electrons. The lowest BCUT2D eigenvalue weighted by molar-refractivity contribution is 0.0167. The first-order valence-electron chi connectivity index (χ1n) is 8.12. The second kappa shape index (κ2) is 7.83. The molecule has 0 radical (unpaired) electrons. The Morgan fingerprint density at radius 2 is 2.21 bits per heavy atom. The van der Waals surface area contributed by atoms with E-state index in [0.717, 1.165) is 12.8 Å². The summed E-state index contributed by atoms with van der Waals surface area (Å²) in [5.74, 6) is -0.0544. The van der Waals surface area contributed by atoms with Gasteiger partial charge in [-0.15, -0.1) is 0 Å². The van der Waals surface area contributed by atoms with Crippen LogP contribution in [0.4, 0.5) is 4.79 Å². The van der Waals surface area contributed by atoms with Gasteiger partial charge < -0.3 is 15.0 Å². The minimum atomic E-state index is -0.503. The number of halogens is 1. The molecular weight excluding hydrogens is 330 g/mol. The summed E-state index contributed by atoms with van der Waals surface area (Å²) in [6, 6.07) is 3.16. The number of carbonyl (C=O) groups excluding carboxylic acids is 2. The van der Waals surface area contributed by atoms with Crippen LogP contribution in [-0.2, 0) is 4.74 Å². The number of ether oxygens (including phenoxy) is 1. The SMILES string of the molecule is CC(C)(C)OC(=O)N1CCC[C@H](CNC(=O)c2cc(Cl)ccn2)C1. The molecule has 6 nitrogen and oxygen atoms in total. The quantitative estimate of drug-likeness (QED) is 0.906. The highest BCUT2D eigenvalue weighted by Gasteiger charge is 2.27. The average molecular weight is 354 g/mol. The maximum Gasteiger partial charge on any atom is 0.410 e. The van der Waals surface area contributed by atoms with Gasteiger partial charge in [0.15, 0.2) is 0 Å². The van der Waals surface area contributed by atoms with Crippen LogP contribution in [0.25, 0.3) is 0 Å². The van der Waals surface area contributed by atoms with Gasteiger partial charge in [-0.3, -0.25) is 9.78 Å². The number of aromatic nitrogens is 1. The van der Waals surface area contributed by atoms with E-state index in [2.05, 4.69) is 10.3 Å². The average Bonchev–Trinajstić information content (AvgIpc) is 2.51. The van der Waals surface area contributed by atoms with E-state index in [4.69, 9.17) is 16.3 Å². The molecule has 2 rings (SSSR count). The number of hydrogen-bond donors (Lipinski definition) is 1. The summed E-state index contributed by atoms with van der Waals surface area (Å²) >= 11 is 5.87. The standard InChI is InChI=1S/C17H24ClN3O3/c1-17(2,3)24-16(23)21-8-4-5-12(11-21)10-20-15(22)14-9-13(18)6-7-19-14/h6-7,9,12H,4-5,8,10-11H2,1-3H3,(H,20,22)/t12-/m1/s1. The molecule has 2 amide bonds. The molecule has 1 aliphatic rings. The summed E-state index contributed by atoms with van der Waals surface area (Å²) in [5.41, 5.74) is -0.210. The van der Waals surface area contributed by atoms with Gasteiger partial charge in [0.25, 0.3) is 5.91 Å². The second-order valence-corrected chi connectivity index (χ2v) is 7.44. The normalized spacial score (nSPS) is 18.2. The lowest BCUT2D eigenvalue weighted by atomic mass is 9.98. The van der Waals surface area contributed by atoms with E-state index in [-0.39, 0.29) is 17.9 Å². The molecule has 2 heterocycles. The second-order valence-electron chi connectivity index (χ2n) is 7.00. The van der Waals surface area contributed by atoms with Crippen molar-refractivity contribution in [3.05, 3.63) is 29.0 Å². The number of piperidine rings is 1. The van der Waals surface area contributed by atoms with Crippen LogP contribution < -0.4 is 5.32 Å². The molecule has 0 aliphatic carbocycles. The van der Waals surface area contributed by atoms with E-state index in [1.807, 2.05) is 20.8 Å². The predicted octanol–water partition coefficient (Wildman–Crippen LogP) is 3.11. The largest absolute Gasteiger partial charge is 0.444 e. The van der Waals surface area contributed by atoms with Crippen LogP contribution >= 0.6 is 11.6 Å². The molecule has 1 N–H and O–H groups in total. The highest BCUT2D eigenvalue weighted by Crippen LogP contribution is 2.19. The van der Waals surface area contributed by atoms with Crippen molar-refractivity contribution < 1.29 is 14.3 Å². The molecule has 1 aromatic rings. The van der Waals surface area contributed by atoms with Crippen molar-refractivity contribution in [3.63, 3.8) is 0 Å². The van der Waals surface area contributed by atoms with E-state index in [1.165, 1.54) is 12.3 Å². The number of pyridine rings is 1. The van der Waals surface area contributed by atoms with Crippen LogP contribution in [0, 0.1) is 5.92 Å². The molecule has 1 fully saturated rings. The number of nitrogens with one attached hydrogen (secondary N) is 1. The topological polar surface area (TPSA) is 71.5 Å². The first-order valence-corrected chi connectivity index (χ1v) is 8.50. The molecule has 0 bridgehead atoms. The van der Waals surface area contributed by atoms with Crippen LogP contribution in [-0.4, -0.2) is 47.1 Å². The molecule has 1 aliphatic heterocycles. The molecule has 0 unspecified atom stereocenters. The van der Waals surface area contributed by atoms with Gasteiger partial charge in [-0.2, -0.15) is 0 Å². The van der Waals surface area contributed by atoms with Gasteiger partial charge in [0.2, 0.25) is 0 Å². The summed E-state index contributed by atoms with van der Waals surface area (Å²) in [7, 11) is 0. The zero-order chi connectivity index (χ0) is 17.7. The zero-order valence-corrected chi connectivity index (χ0v) is 15.1. The number of nitrogens with zero attached hydrogens (tertiary/aromatic N) is 2. The Hall–Kier alpha value is -1.82. The Balaban J connectivity index is 1.84. The van der Waals surface area contributed by atoms with Crippen LogP contribution in [0.2, 0.25) is 5.02 Å². The van der Waals surface area contributed by atoms with Gasteiger partial charge >= 0.3 is 6.09 Å². The minimum Gasteiger partial charge on any atom is -0.444 e. The number of rotatable bonds is 3. The number of hydrogen-bond acceptors (Lipinski definition) is 4. The van der Waals surface area contributed by atoms with Crippen molar-refractivity contribution in [2.24, 2.45) is 5.92 Å². The maximum atomic E-state index is 12.1. The van der Waals surface area contributed by atoms with E-state index in [9.17, 15) is 9.59 Å². The van der Waals surface area contributed by atoms with Gasteiger partial charge in [0, 0.05) is 30.9 Å². The van der Waals surface area contributed by atoms with Crippen LogP contribution in [0.1, 0.15) is 44.1 Å². The van der Waals surface area contributed by atoms with Crippen molar-refractivity contribution in [2.45, 2.75) is 39.2 Å². The van der Waals surface area contributed by atoms with E-state index in [0.29, 0.717) is 30.4 Å². The summed E-state index contributed by atoms with van der Waals surface area (Å²) in [5, 5.41) is 3.34. The number of likely N-dealkylation sites (tertiary alicyclic amines) is 1. The lowest BCUT2D eigenvalue weighted by Crippen LogP contribution is -2.45. The van der Waals surface area contributed by atoms with Gasteiger partial charge in [0.1, 0.15) is 11.3 Å². The van der Waals surface area contributed by atoms with Crippen LogP contribution in [0.5, 0.6) is 0 Å². The van der Waals surface area contributed by atoms with Gasteiger partial charge in [-0.25, -0.2) is 4.79 Å². The van der Waals surface area contributed by atoms with E-state index < -0.39 is 5.60 Å². The number of carbonyl (C=O) groups is 2. The molecule has 0 aromatic carbocycles. The molecule has 0 saturated carbocycles. The Morgan fingerprint density at radius 3 is 2.88 bits per heavy atom. The summed E-state index contributed by atoms with van der Waals surface area (Å²) in [4.78, 5) is 30.0. The Bertz CT molecular complexity index is 601. The first kappa shape index (κ1) is 18.5. The molecule has 1 atom stereocenters. The van der Waals surface area contributed by atoms with Crippen molar-refractivity contribution in [1.29, 1.82) is 0 Å². The monoisotopic (exact) mass is 353 g/mol. The Morgan fingerprint density at radius 1 is 1.46 bits per heavy atom. The summed E-state index contributed by atoms with van der Waals surface area (Å²) < 4.78 is 5.41. The Kier molecular flexibility index (Phi) is 6.04. The van der Waals surface area contributed by atoms with Gasteiger partial charge in [-0.05, 0) is 51.7 Å². The first-order chi connectivity index (χ1) is 11.2. The van der Waals surface area contributed by atoms with Crippen LogP contribution in [0.3, 0.4) is 0 Å². The number of amides is 2. The predicted molar refractivity (Wildman–Crippen MR) is 92.1 cm³/mol. The molecule has 7 heteroatoms. The third kappa shape index (κ3) is 5.67. The smallest absolute Gasteiger partial charge is 0.410 e. The molecule has 0 spiro atoms. The van der Waals surface area contributed by atoms with Gasteiger partial charge in [0.05, 0.1) is 0 Å². The fourth-order valence-electron chi connectivity index (χ4n) is 2.58. The molecular formula is C17H24ClN3O3. The van der Waals surface area contributed by atoms with Crippen LogP contribution in [0.15, 0.2) is 18.3 Å². The van der Waals surface area contributed by atoms with Crippen molar-refractivity contribution in [2.75, 3.05) is 19.6 Å². The fraction of sp³-hybridized carbons (Fsp3) is 0.588. The lowest BCUT2D eigenvalue weighted by Gasteiger charge is -2.34. The van der Waals surface area contributed by atoms with Gasteiger partial charge in [-0.1, -0.05) is 11.6 Å². The molecule has 1 saturated heterocycles. The van der Waals surface area contributed by atoms with Crippen molar-refractivity contribution in [3.8, 4) is 0 Å². The Labute approximate surface area is 147 Å². The molecule has 24 heavy (non-hydrogen) atoms. The van der Waals surface area contributed by atoms with Crippen molar-refractivity contribution >= 4 is 23.6 Å².